The minimum atomic E-state index is -0.800. The van der Waals surface area contributed by atoms with Crippen LogP contribution < -0.4 is 15.0 Å². The van der Waals surface area contributed by atoms with Crippen LogP contribution in [0.5, 0.6) is 5.75 Å². The van der Waals surface area contributed by atoms with Gasteiger partial charge in [-0.15, -0.1) is 0 Å². The molecule has 0 radical (unpaired) electrons. The number of rotatable bonds is 6. The van der Waals surface area contributed by atoms with Gasteiger partial charge in [0.1, 0.15) is 11.8 Å². The topological polar surface area (TPSA) is 79.0 Å². The number of hydrogen-bond acceptors (Lipinski definition) is 4. The molecule has 1 aliphatic carbocycles. The van der Waals surface area contributed by atoms with E-state index in [0.717, 1.165) is 25.7 Å². The Morgan fingerprint density at radius 1 is 1.03 bits per heavy atom. The summed E-state index contributed by atoms with van der Waals surface area (Å²) in [6.07, 6.45) is 3.68. The van der Waals surface area contributed by atoms with Crippen LogP contribution in [0.4, 0.5) is 16.2 Å². The lowest BCUT2D eigenvalue weighted by molar-refractivity contribution is -0.124. The normalized spacial score (nSPS) is 19.4. The van der Waals surface area contributed by atoms with Gasteiger partial charge in [-0.2, -0.15) is 0 Å². The molecule has 1 atom stereocenters. The van der Waals surface area contributed by atoms with Crippen LogP contribution in [-0.4, -0.2) is 41.9 Å². The van der Waals surface area contributed by atoms with Crippen molar-refractivity contribution in [1.82, 2.24) is 4.90 Å². The highest BCUT2D eigenvalue weighted by Crippen LogP contribution is 2.34. The molecule has 0 aromatic heterocycles. The molecule has 7 nitrogen and oxygen atoms in total. The van der Waals surface area contributed by atoms with Gasteiger partial charge in [0.05, 0.1) is 19.2 Å². The van der Waals surface area contributed by atoms with E-state index < -0.39 is 6.04 Å². The monoisotopic (exact) mass is 407 g/mol. The average molecular weight is 407 g/mol. The third kappa shape index (κ3) is 3.87. The highest BCUT2D eigenvalue weighted by atomic mass is 16.5. The van der Waals surface area contributed by atoms with Crippen molar-refractivity contribution in [2.45, 2.75) is 44.2 Å². The number of nitrogens with one attached hydrogen (secondary N) is 1. The molecule has 1 saturated heterocycles. The summed E-state index contributed by atoms with van der Waals surface area (Å²) in [6.45, 7) is 0. The number of nitrogens with zero attached hydrogens (tertiary/aromatic N) is 2. The zero-order valence-electron chi connectivity index (χ0n) is 16.9. The Bertz CT molecular complexity index is 923. The Morgan fingerprint density at radius 3 is 2.33 bits per heavy atom. The molecular formula is C23H25N3O4. The van der Waals surface area contributed by atoms with Crippen molar-refractivity contribution in [2.75, 3.05) is 17.3 Å². The van der Waals surface area contributed by atoms with E-state index in [4.69, 9.17) is 4.74 Å². The van der Waals surface area contributed by atoms with Crippen LogP contribution >= 0.6 is 0 Å². The van der Waals surface area contributed by atoms with Crippen LogP contribution in [0.15, 0.2) is 54.6 Å². The van der Waals surface area contributed by atoms with Crippen molar-refractivity contribution in [3.05, 3.63) is 54.6 Å². The molecule has 1 saturated carbocycles. The van der Waals surface area contributed by atoms with E-state index in [-0.39, 0.29) is 30.3 Å². The quantitative estimate of drug-likeness (QED) is 0.739. The van der Waals surface area contributed by atoms with Gasteiger partial charge >= 0.3 is 6.03 Å². The second-order valence-corrected chi connectivity index (χ2v) is 7.63. The molecule has 2 aliphatic rings. The van der Waals surface area contributed by atoms with Gasteiger partial charge in [0.2, 0.25) is 5.91 Å². The van der Waals surface area contributed by atoms with Crippen molar-refractivity contribution in [3.63, 3.8) is 0 Å². The van der Waals surface area contributed by atoms with Crippen LogP contribution in [-0.2, 0) is 9.59 Å². The Morgan fingerprint density at radius 2 is 1.70 bits per heavy atom. The van der Waals surface area contributed by atoms with Crippen molar-refractivity contribution in [3.8, 4) is 5.75 Å². The SMILES string of the molecule is COc1ccc(N2C(=O)[C@@H](CC(=O)Nc3ccccc3)N(C3CCCC3)C2=O)cc1. The molecule has 4 amide bonds. The summed E-state index contributed by atoms with van der Waals surface area (Å²) in [6, 6.07) is 14.7. The molecule has 1 heterocycles. The molecule has 7 heteroatoms. The molecule has 30 heavy (non-hydrogen) atoms. The van der Waals surface area contributed by atoms with E-state index >= 15 is 0 Å². The lowest BCUT2D eigenvalue weighted by Crippen LogP contribution is -2.43. The smallest absolute Gasteiger partial charge is 0.332 e. The fourth-order valence-electron chi connectivity index (χ4n) is 4.27. The maximum Gasteiger partial charge on any atom is 0.332 e. The van der Waals surface area contributed by atoms with E-state index in [1.54, 1.807) is 48.4 Å². The van der Waals surface area contributed by atoms with Crippen LogP contribution in [0.2, 0.25) is 0 Å². The van der Waals surface area contributed by atoms with Gasteiger partial charge in [0.15, 0.2) is 0 Å². The van der Waals surface area contributed by atoms with Crippen LogP contribution in [0, 0.1) is 0 Å². The number of amides is 4. The standard InChI is InChI=1S/C23H25N3O4/c1-30-19-13-11-18(12-14-19)26-22(28)20(25(23(26)29)17-9-5-6-10-17)15-21(27)24-16-7-3-2-4-8-16/h2-4,7-8,11-14,17,20H,5-6,9-10,15H2,1H3,(H,24,27)/t20-/m1/s1. The first-order valence-electron chi connectivity index (χ1n) is 10.2. The minimum Gasteiger partial charge on any atom is -0.497 e. The number of methoxy groups -OCH3 is 1. The summed E-state index contributed by atoms with van der Waals surface area (Å²) < 4.78 is 5.17. The molecule has 2 aromatic carbocycles. The molecule has 2 fully saturated rings. The summed E-state index contributed by atoms with van der Waals surface area (Å²) in [5.41, 5.74) is 1.15. The number of urea groups is 1. The molecule has 156 valence electrons. The molecule has 4 rings (SSSR count). The summed E-state index contributed by atoms with van der Waals surface area (Å²) in [5, 5.41) is 2.82. The first-order valence-corrected chi connectivity index (χ1v) is 10.2. The lowest BCUT2D eigenvalue weighted by atomic mass is 10.1. The molecular weight excluding hydrogens is 382 g/mol. The predicted octanol–water partition coefficient (Wildman–Crippen LogP) is 3.80. The van der Waals surface area contributed by atoms with Crippen molar-refractivity contribution >= 4 is 29.2 Å². The molecule has 0 bridgehead atoms. The van der Waals surface area contributed by atoms with Crippen LogP contribution in [0.25, 0.3) is 0 Å². The summed E-state index contributed by atoms with van der Waals surface area (Å²) in [5.74, 6) is -0.00325. The van der Waals surface area contributed by atoms with Gasteiger partial charge in [-0.1, -0.05) is 31.0 Å². The van der Waals surface area contributed by atoms with Gasteiger partial charge in [-0.3, -0.25) is 9.59 Å². The van der Waals surface area contributed by atoms with Crippen LogP contribution in [0.3, 0.4) is 0 Å². The van der Waals surface area contributed by atoms with Crippen LogP contribution in [0.1, 0.15) is 32.1 Å². The summed E-state index contributed by atoms with van der Waals surface area (Å²) >= 11 is 0. The number of para-hydroxylation sites is 1. The van der Waals surface area contributed by atoms with Crippen molar-refractivity contribution in [2.24, 2.45) is 0 Å². The zero-order valence-corrected chi connectivity index (χ0v) is 16.9. The molecule has 1 aliphatic heterocycles. The molecule has 0 unspecified atom stereocenters. The largest absolute Gasteiger partial charge is 0.497 e. The van der Waals surface area contributed by atoms with E-state index in [9.17, 15) is 14.4 Å². The maximum atomic E-state index is 13.3. The first-order chi connectivity index (χ1) is 14.6. The Labute approximate surface area is 175 Å². The lowest BCUT2D eigenvalue weighted by Gasteiger charge is -2.27. The Balaban J connectivity index is 1.58. The molecule has 1 N–H and O–H groups in total. The van der Waals surface area contributed by atoms with Gasteiger partial charge < -0.3 is 15.0 Å². The number of ether oxygens (including phenoxy) is 1. The molecule has 2 aromatic rings. The number of carbonyl (C=O) groups excluding carboxylic acids is 3. The van der Waals surface area contributed by atoms with Gasteiger partial charge in [-0.05, 0) is 49.2 Å². The highest BCUT2D eigenvalue weighted by Gasteiger charge is 2.49. The summed E-state index contributed by atoms with van der Waals surface area (Å²) in [4.78, 5) is 42.0. The average Bonchev–Trinajstić information content (AvgIpc) is 3.36. The fraction of sp³-hybridized carbons (Fsp3) is 0.348. The maximum absolute atomic E-state index is 13.3. The minimum absolute atomic E-state index is 0.0146. The third-order valence-corrected chi connectivity index (χ3v) is 5.74. The van der Waals surface area contributed by atoms with Gasteiger partial charge in [0, 0.05) is 11.7 Å². The van der Waals surface area contributed by atoms with E-state index in [2.05, 4.69) is 5.32 Å². The Hall–Kier alpha value is -3.35. The zero-order chi connectivity index (χ0) is 21.1. The van der Waals surface area contributed by atoms with Gasteiger partial charge in [-0.25, -0.2) is 9.69 Å². The number of hydrogen-bond donors (Lipinski definition) is 1. The molecule has 0 spiro atoms. The second-order valence-electron chi connectivity index (χ2n) is 7.63. The predicted molar refractivity (Wildman–Crippen MR) is 113 cm³/mol. The van der Waals surface area contributed by atoms with Crippen molar-refractivity contribution < 1.29 is 19.1 Å². The van der Waals surface area contributed by atoms with Gasteiger partial charge in [0.25, 0.3) is 5.91 Å². The van der Waals surface area contributed by atoms with Crippen molar-refractivity contribution in [1.29, 1.82) is 0 Å². The third-order valence-electron chi connectivity index (χ3n) is 5.74. The number of imide groups is 1. The fourth-order valence-corrected chi connectivity index (χ4v) is 4.27. The van der Waals surface area contributed by atoms with E-state index in [0.29, 0.717) is 17.1 Å². The van der Waals surface area contributed by atoms with E-state index in [1.165, 1.54) is 4.90 Å². The van der Waals surface area contributed by atoms with E-state index in [1.807, 2.05) is 18.2 Å². The second kappa shape index (κ2) is 8.57. The number of benzene rings is 2. The number of anilines is 2. The first kappa shape index (κ1) is 19.9. The Kier molecular flexibility index (Phi) is 5.70. The summed E-state index contributed by atoms with van der Waals surface area (Å²) in [7, 11) is 1.56. The highest BCUT2D eigenvalue weighted by molar-refractivity contribution is 6.22. The number of carbonyl (C=O) groups is 3.